The van der Waals surface area contributed by atoms with Crippen LogP contribution >= 0.6 is 11.3 Å². The van der Waals surface area contributed by atoms with E-state index in [0.29, 0.717) is 0 Å². The van der Waals surface area contributed by atoms with Gasteiger partial charge in [0.1, 0.15) is 17.0 Å². The third-order valence-electron chi connectivity index (χ3n) is 5.35. The Morgan fingerprint density at radius 2 is 1.90 bits per heavy atom. The van der Waals surface area contributed by atoms with Crippen molar-refractivity contribution in [2.75, 3.05) is 0 Å². The lowest BCUT2D eigenvalue weighted by molar-refractivity contribution is 0.473. The Morgan fingerprint density at radius 1 is 0.968 bits per heavy atom. The summed E-state index contributed by atoms with van der Waals surface area (Å²) in [7, 11) is 0. The van der Waals surface area contributed by atoms with Crippen LogP contribution in [0.15, 0.2) is 67.0 Å². The maximum Gasteiger partial charge on any atom is 0.135 e. The number of nitrogens with zero attached hydrogens (tertiary/aromatic N) is 3. The van der Waals surface area contributed by atoms with E-state index >= 15 is 0 Å². The molecule has 0 bridgehead atoms. The largest absolute Gasteiger partial charge is 0.506 e. The fourth-order valence-corrected chi connectivity index (χ4v) is 4.80. The molecule has 150 valence electrons. The highest BCUT2D eigenvalue weighted by Gasteiger charge is 2.16. The summed E-state index contributed by atoms with van der Waals surface area (Å²) in [4.78, 5) is 14.9. The van der Waals surface area contributed by atoms with E-state index < -0.39 is 0 Å². The highest BCUT2D eigenvalue weighted by molar-refractivity contribution is 7.15. The molecule has 3 N–H and O–H groups in total. The minimum Gasteiger partial charge on any atom is -0.506 e. The maximum absolute atomic E-state index is 9.77. The molecule has 7 heteroatoms. The molecule has 6 nitrogen and oxygen atoms in total. The van der Waals surface area contributed by atoms with E-state index in [1.54, 1.807) is 23.6 Å². The number of hydrogen-bond acceptors (Lipinski definition) is 5. The van der Waals surface area contributed by atoms with Crippen LogP contribution in [-0.4, -0.2) is 30.3 Å². The van der Waals surface area contributed by atoms with E-state index in [1.807, 2.05) is 12.1 Å². The highest BCUT2D eigenvalue weighted by atomic mass is 32.1. The van der Waals surface area contributed by atoms with Gasteiger partial charge in [0.25, 0.3) is 0 Å². The number of pyridine rings is 2. The summed E-state index contributed by atoms with van der Waals surface area (Å²) in [6.45, 7) is 2.12. The average Bonchev–Trinajstić information content (AvgIpc) is 3.50. The molecule has 0 amide bonds. The lowest BCUT2D eigenvalue weighted by Crippen LogP contribution is -1.86. The first-order chi connectivity index (χ1) is 15.2. The summed E-state index contributed by atoms with van der Waals surface area (Å²) in [6.07, 6.45) is 3.09. The van der Waals surface area contributed by atoms with Crippen molar-refractivity contribution in [3.8, 4) is 38.8 Å². The molecule has 0 aliphatic carbocycles. The van der Waals surface area contributed by atoms with Crippen molar-refractivity contribution >= 4 is 33.3 Å². The van der Waals surface area contributed by atoms with Crippen LogP contribution in [0.4, 0.5) is 0 Å². The molecule has 5 heterocycles. The zero-order chi connectivity index (χ0) is 20.9. The van der Waals surface area contributed by atoms with E-state index in [0.717, 1.165) is 44.6 Å². The van der Waals surface area contributed by atoms with Gasteiger partial charge in [0.05, 0.1) is 23.1 Å². The number of benzene rings is 1. The molecule has 0 saturated heterocycles. The topological polar surface area (TPSA) is 90.5 Å². The van der Waals surface area contributed by atoms with Gasteiger partial charge in [0.15, 0.2) is 0 Å². The van der Waals surface area contributed by atoms with Gasteiger partial charge in [-0.25, -0.2) is 4.98 Å². The van der Waals surface area contributed by atoms with E-state index in [9.17, 15) is 5.11 Å². The Hall–Kier alpha value is -3.97. The second-order valence-corrected chi connectivity index (χ2v) is 8.74. The quantitative estimate of drug-likeness (QED) is 0.330. The number of rotatable bonds is 3. The molecular formula is C24H17N5OS. The predicted octanol–water partition coefficient (Wildman–Crippen LogP) is 5.91. The van der Waals surface area contributed by atoms with Gasteiger partial charge in [-0.2, -0.15) is 5.10 Å². The number of aromatic amines is 2. The van der Waals surface area contributed by atoms with Gasteiger partial charge in [-0.15, -0.1) is 11.3 Å². The average molecular weight is 424 g/mol. The van der Waals surface area contributed by atoms with Crippen molar-refractivity contribution in [3.05, 3.63) is 71.9 Å². The van der Waals surface area contributed by atoms with Gasteiger partial charge in [0.2, 0.25) is 0 Å². The first kappa shape index (κ1) is 17.9. The van der Waals surface area contributed by atoms with Crippen LogP contribution in [0.25, 0.3) is 55.0 Å². The molecule has 31 heavy (non-hydrogen) atoms. The molecule has 0 aliphatic heterocycles. The van der Waals surface area contributed by atoms with E-state index in [4.69, 9.17) is 4.98 Å². The summed E-state index contributed by atoms with van der Waals surface area (Å²) in [6, 6.07) is 18.2. The fourth-order valence-electron chi connectivity index (χ4n) is 3.89. The molecule has 5 aromatic heterocycles. The Bertz CT molecular complexity index is 1580. The molecule has 0 fully saturated rings. The summed E-state index contributed by atoms with van der Waals surface area (Å²) in [5, 5.41) is 18.5. The molecular weight excluding hydrogens is 406 g/mol. The summed E-state index contributed by atoms with van der Waals surface area (Å²) in [5.74, 6) is 0.110. The van der Waals surface area contributed by atoms with Crippen molar-refractivity contribution < 1.29 is 5.11 Å². The SMILES string of the molecule is Cc1ccc(-c2cccc3[nH]c(-c4n[nH]c5ccc(-c6cncc(O)c6)nc45)cc23)s1. The Kier molecular flexibility index (Phi) is 3.91. The lowest BCUT2D eigenvalue weighted by atomic mass is 10.1. The van der Waals surface area contributed by atoms with Crippen LogP contribution in [-0.2, 0) is 0 Å². The molecule has 0 radical (unpaired) electrons. The smallest absolute Gasteiger partial charge is 0.135 e. The first-order valence-electron chi connectivity index (χ1n) is 9.84. The van der Waals surface area contributed by atoms with Crippen molar-refractivity contribution in [3.63, 3.8) is 0 Å². The van der Waals surface area contributed by atoms with Crippen LogP contribution in [0.5, 0.6) is 5.75 Å². The summed E-state index contributed by atoms with van der Waals surface area (Å²) >= 11 is 1.79. The number of thiophene rings is 1. The predicted molar refractivity (Wildman–Crippen MR) is 124 cm³/mol. The molecule has 0 aliphatic rings. The van der Waals surface area contributed by atoms with Crippen molar-refractivity contribution in [2.24, 2.45) is 0 Å². The molecule has 0 unspecified atom stereocenters. The molecule has 6 rings (SSSR count). The minimum absolute atomic E-state index is 0.110. The number of H-pyrrole nitrogens is 2. The second kappa shape index (κ2) is 6.78. The molecule has 0 saturated carbocycles. The van der Waals surface area contributed by atoms with Crippen LogP contribution in [0, 0.1) is 6.92 Å². The van der Waals surface area contributed by atoms with Crippen molar-refractivity contribution in [1.82, 2.24) is 25.1 Å². The Labute approximate surface area is 181 Å². The molecule has 0 atom stereocenters. The first-order valence-corrected chi connectivity index (χ1v) is 10.7. The zero-order valence-electron chi connectivity index (χ0n) is 16.5. The fraction of sp³-hybridized carbons (Fsp3) is 0.0417. The number of aromatic hydroxyl groups is 1. The van der Waals surface area contributed by atoms with Crippen LogP contribution < -0.4 is 0 Å². The van der Waals surface area contributed by atoms with Gasteiger partial charge in [0, 0.05) is 38.0 Å². The third-order valence-corrected chi connectivity index (χ3v) is 6.39. The number of nitrogens with one attached hydrogen (secondary N) is 2. The van der Waals surface area contributed by atoms with Crippen LogP contribution in [0.2, 0.25) is 0 Å². The number of aromatic nitrogens is 5. The Morgan fingerprint density at radius 3 is 2.74 bits per heavy atom. The third kappa shape index (κ3) is 2.98. The maximum atomic E-state index is 9.77. The van der Waals surface area contributed by atoms with E-state index in [2.05, 4.69) is 63.5 Å². The number of fused-ring (bicyclic) bond motifs is 2. The van der Waals surface area contributed by atoms with Crippen molar-refractivity contribution in [1.29, 1.82) is 0 Å². The van der Waals surface area contributed by atoms with E-state index in [-0.39, 0.29) is 5.75 Å². The summed E-state index contributed by atoms with van der Waals surface area (Å²) in [5.41, 5.74) is 7.02. The highest BCUT2D eigenvalue weighted by Crippen LogP contribution is 2.36. The standard InChI is InChI=1S/C24H17N5OS/c1-13-5-8-22(31-13)16-3-2-4-19-17(16)10-21(26-19)24-23-20(28-29-24)7-6-18(27-23)14-9-15(30)12-25-11-14/h2-12,26,30H,1H3,(H,28,29). The molecule has 0 spiro atoms. The monoisotopic (exact) mass is 423 g/mol. The number of hydrogen-bond donors (Lipinski definition) is 3. The minimum atomic E-state index is 0.110. The molecule has 1 aromatic carbocycles. The van der Waals surface area contributed by atoms with Gasteiger partial charge in [-0.1, -0.05) is 12.1 Å². The number of aryl methyl sites for hydroxylation is 1. The lowest BCUT2D eigenvalue weighted by Gasteiger charge is -2.01. The van der Waals surface area contributed by atoms with Gasteiger partial charge < -0.3 is 10.1 Å². The zero-order valence-corrected chi connectivity index (χ0v) is 17.4. The van der Waals surface area contributed by atoms with Gasteiger partial charge in [-0.05, 0) is 49.4 Å². The van der Waals surface area contributed by atoms with Crippen LogP contribution in [0.3, 0.4) is 0 Å². The summed E-state index contributed by atoms with van der Waals surface area (Å²) < 4.78 is 0. The van der Waals surface area contributed by atoms with Gasteiger partial charge in [-0.3, -0.25) is 10.1 Å². The molecule has 6 aromatic rings. The van der Waals surface area contributed by atoms with E-state index in [1.165, 1.54) is 21.5 Å². The second-order valence-electron chi connectivity index (χ2n) is 7.46. The van der Waals surface area contributed by atoms with Crippen LogP contribution in [0.1, 0.15) is 4.88 Å². The van der Waals surface area contributed by atoms with Crippen molar-refractivity contribution in [2.45, 2.75) is 6.92 Å². The Balaban J connectivity index is 1.51. The van der Waals surface area contributed by atoms with Gasteiger partial charge >= 0.3 is 0 Å². The normalized spacial score (nSPS) is 11.5.